The number of rotatable bonds is 10. The molecule has 1 aliphatic rings. The average Bonchev–Trinajstić information content (AvgIpc) is 3.41. The Hall–Kier alpha value is -3.39. The van der Waals surface area contributed by atoms with Gasteiger partial charge in [0, 0.05) is 33.6 Å². The van der Waals surface area contributed by atoms with Crippen LogP contribution in [0, 0.1) is 0 Å². The molecule has 4 aromatic rings. The number of carboxylic acids is 1. The number of likely N-dealkylation sites (tertiary alicyclic amines) is 1. The van der Waals surface area contributed by atoms with E-state index in [0.717, 1.165) is 12.0 Å². The summed E-state index contributed by atoms with van der Waals surface area (Å²) in [5.41, 5.74) is 2.25. The molecule has 0 aliphatic carbocycles. The van der Waals surface area contributed by atoms with Gasteiger partial charge in [0.25, 0.3) is 0 Å². The summed E-state index contributed by atoms with van der Waals surface area (Å²) in [6.07, 6.45) is 1.44. The van der Waals surface area contributed by atoms with E-state index in [-0.39, 0.29) is 22.4 Å². The van der Waals surface area contributed by atoms with E-state index in [0.29, 0.717) is 68.4 Å². The van der Waals surface area contributed by atoms with Gasteiger partial charge in [0.15, 0.2) is 6.04 Å². The van der Waals surface area contributed by atoms with Crippen LogP contribution in [0.1, 0.15) is 48.1 Å². The van der Waals surface area contributed by atoms with Crippen molar-refractivity contribution < 1.29 is 35.9 Å². The summed E-state index contributed by atoms with van der Waals surface area (Å²) in [6, 6.07) is 25.1. The number of carbonyl (C=O) groups is 2. The van der Waals surface area contributed by atoms with Crippen LogP contribution >= 0.6 is 34.8 Å². The predicted molar refractivity (Wildman–Crippen MR) is 179 cm³/mol. The maximum atomic E-state index is 14.0. The summed E-state index contributed by atoms with van der Waals surface area (Å²) in [4.78, 5) is 33.5. The second-order valence-corrected chi connectivity index (χ2v) is 12.2. The number of ether oxygens (including phenoxy) is 1. The molecule has 1 amide bonds. The second-order valence-electron chi connectivity index (χ2n) is 11.0. The molecule has 1 aliphatic heterocycles. The van der Waals surface area contributed by atoms with E-state index in [1.807, 2.05) is 49.4 Å². The molecule has 0 spiro atoms. The monoisotopic (exact) mass is 720 g/mol. The van der Waals surface area contributed by atoms with Gasteiger partial charge in [0.1, 0.15) is 5.75 Å². The van der Waals surface area contributed by atoms with Gasteiger partial charge in [-0.3, -0.25) is 9.89 Å². The summed E-state index contributed by atoms with van der Waals surface area (Å²) >= 11 is 18.9. The van der Waals surface area contributed by atoms with Crippen molar-refractivity contribution in [2.75, 3.05) is 13.7 Å². The molecule has 0 unspecified atom stereocenters. The van der Waals surface area contributed by atoms with E-state index >= 15 is 0 Å². The third kappa shape index (κ3) is 7.94. The number of nitrogens with zero attached hydrogens (tertiary/aromatic N) is 3. The van der Waals surface area contributed by atoms with E-state index in [1.165, 1.54) is 7.11 Å². The van der Waals surface area contributed by atoms with Gasteiger partial charge in [-0.05, 0) is 79.4 Å². The first-order valence-corrected chi connectivity index (χ1v) is 15.5. The first-order chi connectivity index (χ1) is 21.6. The molecule has 0 saturated carbocycles. The summed E-state index contributed by atoms with van der Waals surface area (Å²) < 4.78 is 5.33. The van der Waals surface area contributed by atoms with Gasteiger partial charge in [-0.1, -0.05) is 89.4 Å². The molecule has 0 radical (unpaired) electrons. The molecule has 5 rings (SSSR count). The Balaban J connectivity index is 0.00000480. The number of halogens is 3. The zero-order valence-corrected chi connectivity index (χ0v) is 28.3. The van der Waals surface area contributed by atoms with Gasteiger partial charge in [0.05, 0.1) is 34.3 Å². The minimum atomic E-state index is -1.27. The Labute approximate surface area is 293 Å². The van der Waals surface area contributed by atoms with E-state index < -0.39 is 17.6 Å². The summed E-state index contributed by atoms with van der Waals surface area (Å²) in [7, 11) is 1.51. The zero-order chi connectivity index (χ0) is 32.1. The summed E-state index contributed by atoms with van der Waals surface area (Å²) in [6.45, 7) is 3.11. The minimum absolute atomic E-state index is 0. The first-order valence-electron chi connectivity index (χ1n) is 14.3. The van der Waals surface area contributed by atoms with Gasteiger partial charge < -0.3 is 20.0 Å². The summed E-state index contributed by atoms with van der Waals surface area (Å²) in [5, 5.41) is 16.2. The van der Waals surface area contributed by atoms with Gasteiger partial charge in [0.2, 0.25) is 0 Å². The number of benzene rings is 4. The molecule has 46 heavy (non-hydrogen) atoms. The van der Waals surface area contributed by atoms with E-state index in [9.17, 15) is 14.7 Å². The van der Waals surface area contributed by atoms with E-state index in [2.05, 4.69) is 10.2 Å². The maximum absolute atomic E-state index is 14.0. The third-order valence-electron chi connectivity index (χ3n) is 7.99. The molecular formula is C35H31Cl3N3NiO4-. The third-order valence-corrected chi connectivity index (χ3v) is 8.97. The zero-order valence-electron chi connectivity index (χ0n) is 25.0. The molecule has 1 saturated heterocycles. The number of hydrogen-bond donors (Lipinski definition) is 1. The molecule has 0 bridgehead atoms. The standard InChI is InChI=1S/C35H32Cl3N3O4.Ni/c1-35(16-7-17-41(35)21-22-12-14-28(37)29(38)18-22)34(44)39-30-15-13-25(36)20-27(30)31(23-8-4-3-5-9-23)40-32(33(42)43)24-10-6-11-26(19-24)45-2;/h3-6,8-15,18-20,32H,7,16-17,21H2,1-2H3,(H2,39,40,42,43,44);/p-1/t32-,35+;/m1./s1. The van der Waals surface area contributed by atoms with Crippen molar-refractivity contribution in [2.45, 2.75) is 37.9 Å². The molecule has 242 valence electrons. The summed E-state index contributed by atoms with van der Waals surface area (Å²) in [5.74, 6) is -0.960. The predicted octanol–water partition coefficient (Wildman–Crippen LogP) is 8.90. The number of amides is 1. The van der Waals surface area contributed by atoms with Crippen molar-refractivity contribution in [1.29, 1.82) is 0 Å². The number of aliphatic carboxylic acids is 1. The van der Waals surface area contributed by atoms with Crippen LogP contribution in [0.15, 0.2) is 96.0 Å². The van der Waals surface area contributed by atoms with Crippen molar-refractivity contribution in [3.63, 3.8) is 0 Å². The van der Waals surface area contributed by atoms with Gasteiger partial charge in [-0.25, -0.2) is 4.79 Å². The van der Waals surface area contributed by atoms with Crippen molar-refractivity contribution in [3.05, 3.63) is 134 Å². The van der Waals surface area contributed by atoms with Crippen molar-refractivity contribution in [2.24, 2.45) is 4.99 Å². The Morgan fingerprint density at radius 3 is 2.43 bits per heavy atom. The number of carbonyl (C=O) groups excluding carboxylic acids is 1. The first kappa shape index (κ1) is 35.5. The fourth-order valence-corrected chi connectivity index (χ4v) is 6.00. The van der Waals surface area contributed by atoms with Crippen molar-refractivity contribution in [3.8, 4) is 5.75 Å². The van der Waals surface area contributed by atoms with Gasteiger partial charge >= 0.3 is 5.97 Å². The number of carboxylic acid groups (broad SMARTS) is 1. The Morgan fingerprint density at radius 1 is 0.978 bits per heavy atom. The second kappa shape index (κ2) is 15.5. The Kier molecular flexibility index (Phi) is 11.9. The van der Waals surface area contributed by atoms with Crippen LogP contribution in [0.2, 0.25) is 15.1 Å². The number of methoxy groups -OCH3 is 1. The van der Waals surface area contributed by atoms with Crippen LogP contribution in [0.3, 0.4) is 0 Å². The fraction of sp³-hybridized carbons (Fsp3) is 0.229. The van der Waals surface area contributed by atoms with E-state index in [4.69, 9.17) is 44.5 Å². The van der Waals surface area contributed by atoms with Crippen LogP contribution < -0.4 is 4.74 Å². The SMILES string of the molecule is COc1cccc([C@@H](N=C(c2ccccc2)c2cc(Cl)ccc2[N-]C(=O)[C@]2(C)CCCN2Cc2ccc(Cl)c(Cl)c2)C(=O)O)c1.[Ni]. The van der Waals surface area contributed by atoms with Gasteiger partial charge in [-0.15, -0.1) is 5.69 Å². The van der Waals surface area contributed by atoms with E-state index in [1.54, 1.807) is 48.5 Å². The molecule has 11 heteroatoms. The normalized spacial score (nSPS) is 17.2. The quantitative estimate of drug-likeness (QED) is 0.130. The molecule has 1 fully saturated rings. The van der Waals surface area contributed by atoms with Crippen LogP contribution in [0.5, 0.6) is 5.75 Å². The molecule has 7 nitrogen and oxygen atoms in total. The number of aliphatic imine (C=N–C) groups is 1. The molecule has 0 aromatic heterocycles. The fourth-order valence-electron chi connectivity index (χ4n) is 5.51. The number of hydrogen-bond acceptors (Lipinski definition) is 5. The minimum Gasteiger partial charge on any atom is -0.625 e. The Bertz CT molecular complexity index is 1750. The van der Waals surface area contributed by atoms with Crippen molar-refractivity contribution >= 4 is 58.1 Å². The van der Waals surface area contributed by atoms with Crippen LogP contribution in [0.4, 0.5) is 5.69 Å². The van der Waals surface area contributed by atoms with Crippen LogP contribution in [-0.2, 0) is 32.6 Å². The Morgan fingerprint density at radius 2 is 1.74 bits per heavy atom. The molecule has 4 aromatic carbocycles. The topological polar surface area (TPSA) is 93.3 Å². The van der Waals surface area contributed by atoms with Crippen LogP contribution in [0.25, 0.3) is 5.32 Å². The molecular weight excluding hydrogens is 691 g/mol. The molecule has 1 N–H and O–H groups in total. The molecule has 1 heterocycles. The maximum Gasteiger partial charge on any atom is 0.333 e. The molecule has 2 atom stereocenters. The van der Waals surface area contributed by atoms with Crippen LogP contribution in [-0.4, -0.2) is 46.8 Å². The van der Waals surface area contributed by atoms with Gasteiger partial charge in [-0.2, -0.15) is 0 Å². The average molecular weight is 723 g/mol. The van der Waals surface area contributed by atoms with Crippen molar-refractivity contribution in [1.82, 2.24) is 4.90 Å². The largest absolute Gasteiger partial charge is 0.625 e. The smallest absolute Gasteiger partial charge is 0.333 e.